The van der Waals surface area contributed by atoms with Crippen molar-refractivity contribution in [3.63, 3.8) is 0 Å². The lowest BCUT2D eigenvalue weighted by atomic mass is 9.94. The smallest absolute Gasteiger partial charge is 0.0905 e. The minimum absolute atomic E-state index is 0.529. The van der Waals surface area contributed by atoms with Gasteiger partial charge in [-0.1, -0.05) is 0 Å². The average Bonchev–Trinajstić information content (AvgIpc) is 2.52. The van der Waals surface area contributed by atoms with Crippen molar-refractivity contribution in [2.24, 2.45) is 5.92 Å². The molecule has 0 aromatic carbocycles. The highest BCUT2D eigenvalue weighted by molar-refractivity contribution is 7.91. The quantitative estimate of drug-likeness (QED) is 0.941. The zero-order valence-electron chi connectivity index (χ0n) is 12.9. The Bertz CT molecular complexity index is 746. The first-order valence-electron chi connectivity index (χ1n) is 7.68. The molecule has 1 aliphatic heterocycles. The molecule has 22 heavy (non-hydrogen) atoms. The Balaban J connectivity index is 1.68. The number of piperidine rings is 1. The minimum Gasteiger partial charge on any atom is -0.371 e. The van der Waals surface area contributed by atoms with Crippen LogP contribution in [0.3, 0.4) is 0 Å². The van der Waals surface area contributed by atoms with Crippen molar-refractivity contribution >= 4 is 26.3 Å². The third-order valence-corrected chi connectivity index (χ3v) is 5.41. The van der Waals surface area contributed by atoms with E-state index in [4.69, 9.17) is 4.78 Å². The summed E-state index contributed by atoms with van der Waals surface area (Å²) in [5, 5.41) is 1.15. The molecule has 1 unspecified atom stereocenters. The number of nitrogens with one attached hydrogen (secondary N) is 1. The molecule has 1 N–H and O–H groups in total. The molecule has 2 aromatic rings. The molecule has 0 saturated carbocycles. The molecule has 0 spiro atoms. The first-order chi connectivity index (χ1) is 10.5. The van der Waals surface area contributed by atoms with E-state index in [1.807, 2.05) is 18.5 Å². The van der Waals surface area contributed by atoms with E-state index in [1.54, 1.807) is 12.5 Å². The predicted molar refractivity (Wildman–Crippen MR) is 90.7 cm³/mol. The third kappa shape index (κ3) is 3.55. The molecule has 0 amide bonds. The lowest BCUT2D eigenvalue weighted by Gasteiger charge is -2.34. The highest BCUT2D eigenvalue weighted by atomic mass is 32.2. The van der Waals surface area contributed by atoms with Gasteiger partial charge in [-0.05, 0) is 37.3 Å². The molecule has 1 atom stereocenters. The molecule has 2 aromatic heterocycles. The zero-order chi connectivity index (χ0) is 15.6. The van der Waals surface area contributed by atoms with E-state index < -0.39 is 9.73 Å². The predicted octanol–water partition coefficient (Wildman–Crippen LogP) is 2.91. The molecule has 3 heterocycles. The molecule has 6 heteroatoms. The molecule has 1 aliphatic rings. The minimum atomic E-state index is -2.35. The summed E-state index contributed by atoms with van der Waals surface area (Å²) in [6.07, 6.45) is 10.1. The van der Waals surface area contributed by atoms with Gasteiger partial charge in [0.05, 0.1) is 11.7 Å². The van der Waals surface area contributed by atoms with E-state index in [0.717, 1.165) is 43.3 Å². The second-order valence-corrected chi connectivity index (χ2v) is 8.57. The van der Waals surface area contributed by atoms with Gasteiger partial charge in [-0.2, -0.15) is 0 Å². The Morgan fingerprint density at radius 1 is 1.32 bits per heavy atom. The van der Waals surface area contributed by atoms with Gasteiger partial charge in [0.25, 0.3) is 0 Å². The molecule has 118 valence electrons. The maximum atomic E-state index is 11.5. The number of pyridine rings is 2. The van der Waals surface area contributed by atoms with Crippen LogP contribution in [-0.2, 0) is 9.73 Å². The Labute approximate surface area is 131 Å². The first kappa shape index (κ1) is 15.2. The molecule has 0 bridgehead atoms. The van der Waals surface area contributed by atoms with Gasteiger partial charge in [-0.25, -0.2) is 0 Å². The topological polar surface area (TPSA) is 69.9 Å². The molecule has 1 saturated heterocycles. The fourth-order valence-corrected chi connectivity index (χ4v) is 3.90. The second kappa shape index (κ2) is 6.20. The van der Waals surface area contributed by atoms with E-state index in [0.29, 0.717) is 11.7 Å². The van der Waals surface area contributed by atoms with Crippen molar-refractivity contribution in [1.29, 1.82) is 4.78 Å². The van der Waals surface area contributed by atoms with E-state index in [-0.39, 0.29) is 0 Å². The van der Waals surface area contributed by atoms with Crippen LogP contribution in [0.15, 0.2) is 30.7 Å². The number of hydrogen-bond acceptors (Lipinski definition) is 5. The molecule has 0 aliphatic carbocycles. The van der Waals surface area contributed by atoms with Gasteiger partial charge >= 0.3 is 0 Å². The average molecular weight is 318 g/mol. The van der Waals surface area contributed by atoms with Crippen molar-refractivity contribution < 1.29 is 4.21 Å². The number of hydrogen-bond donors (Lipinski definition) is 1. The van der Waals surface area contributed by atoms with Crippen LogP contribution in [-0.4, -0.2) is 39.3 Å². The summed E-state index contributed by atoms with van der Waals surface area (Å²) < 4.78 is 19.0. The van der Waals surface area contributed by atoms with Crippen LogP contribution in [0.4, 0.5) is 5.69 Å². The lowest BCUT2D eigenvalue weighted by molar-refractivity contribution is 0.396. The molecule has 5 nitrogen and oxygen atoms in total. The van der Waals surface area contributed by atoms with Gasteiger partial charge < -0.3 is 4.90 Å². The van der Waals surface area contributed by atoms with Gasteiger partial charge in [0.15, 0.2) is 0 Å². The molecular formula is C16H22N4OS. The van der Waals surface area contributed by atoms with Gasteiger partial charge in [0.1, 0.15) is 0 Å². The maximum absolute atomic E-state index is 11.5. The fourth-order valence-electron chi connectivity index (χ4n) is 3.11. The number of anilines is 1. The number of rotatable bonds is 4. The molecule has 1 fully saturated rings. The van der Waals surface area contributed by atoms with E-state index >= 15 is 0 Å². The number of nitrogens with zero attached hydrogens (tertiary/aromatic N) is 3. The largest absolute Gasteiger partial charge is 0.371 e. The van der Waals surface area contributed by atoms with Crippen LogP contribution in [0.5, 0.6) is 0 Å². The Kier molecular flexibility index (Phi) is 4.29. The summed E-state index contributed by atoms with van der Waals surface area (Å²) in [6, 6.07) is 4.10. The van der Waals surface area contributed by atoms with Crippen LogP contribution in [0, 0.1) is 10.7 Å². The molecular weight excluding hydrogens is 296 g/mol. The van der Waals surface area contributed by atoms with Crippen LogP contribution < -0.4 is 4.90 Å². The third-order valence-electron chi connectivity index (χ3n) is 4.39. The van der Waals surface area contributed by atoms with Crippen LogP contribution in [0.25, 0.3) is 10.9 Å². The van der Waals surface area contributed by atoms with Gasteiger partial charge in [-0.15, -0.1) is 0 Å². The van der Waals surface area contributed by atoms with Gasteiger partial charge in [0.2, 0.25) is 0 Å². The van der Waals surface area contributed by atoms with Crippen molar-refractivity contribution in [1.82, 2.24) is 9.97 Å². The Morgan fingerprint density at radius 2 is 2.09 bits per heavy atom. The Hall–Kier alpha value is -1.69. The summed E-state index contributed by atoms with van der Waals surface area (Å²) in [7, 11) is -2.35. The van der Waals surface area contributed by atoms with Crippen LogP contribution in [0.1, 0.15) is 19.3 Å². The second-order valence-electron chi connectivity index (χ2n) is 6.15. The van der Waals surface area contributed by atoms with Crippen molar-refractivity contribution in [3.05, 3.63) is 30.7 Å². The number of aromatic nitrogens is 2. The highest BCUT2D eigenvalue weighted by Crippen LogP contribution is 2.29. The maximum Gasteiger partial charge on any atom is 0.0905 e. The van der Waals surface area contributed by atoms with Gasteiger partial charge in [-0.3, -0.25) is 19.0 Å². The van der Waals surface area contributed by atoms with Crippen LogP contribution in [0.2, 0.25) is 0 Å². The monoisotopic (exact) mass is 318 g/mol. The zero-order valence-corrected chi connectivity index (χ0v) is 13.7. The van der Waals surface area contributed by atoms with Crippen molar-refractivity contribution in [3.8, 4) is 0 Å². The first-order valence-corrected chi connectivity index (χ1v) is 9.81. The lowest BCUT2D eigenvalue weighted by Crippen LogP contribution is -2.34. The van der Waals surface area contributed by atoms with Gasteiger partial charge in [0, 0.05) is 58.3 Å². The molecule has 0 radical (unpaired) electrons. The fraction of sp³-hybridized carbons (Fsp3) is 0.500. The normalized spacial score (nSPS) is 19.2. The summed E-state index contributed by atoms with van der Waals surface area (Å²) in [6.45, 7) is 2.02. The standard InChI is InChI=1S/C16H22N4OS/c1-22(17,21)11-6-13-4-9-20(10-5-13)16-3-8-19-15-12-18-7-2-14(15)16/h2-3,7-8,12-13,17H,4-6,9-11H2,1H3. The van der Waals surface area contributed by atoms with Crippen molar-refractivity contribution in [2.45, 2.75) is 19.3 Å². The van der Waals surface area contributed by atoms with E-state index in [2.05, 4.69) is 20.9 Å². The van der Waals surface area contributed by atoms with Crippen molar-refractivity contribution in [2.75, 3.05) is 30.0 Å². The van der Waals surface area contributed by atoms with E-state index in [9.17, 15) is 4.21 Å². The Morgan fingerprint density at radius 3 is 2.82 bits per heavy atom. The SMILES string of the molecule is CS(=N)(=O)CCC1CCN(c2ccnc3cnccc23)CC1. The summed E-state index contributed by atoms with van der Waals surface area (Å²) in [4.78, 5) is 10.9. The summed E-state index contributed by atoms with van der Waals surface area (Å²) in [5.74, 6) is 1.12. The van der Waals surface area contributed by atoms with E-state index in [1.165, 1.54) is 5.69 Å². The summed E-state index contributed by atoms with van der Waals surface area (Å²) in [5.41, 5.74) is 2.16. The molecule has 3 rings (SSSR count). The van der Waals surface area contributed by atoms with Crippen LogP contribution >= 0.6 is 0 Å². The summed E-state index contributed by atoms with van der Waals surface area (Å²) >= 11 is 0. The highest BCUT2D eigenvalue weighted by Gasteiger charge is 2.21. The number of fused-ring (bicyclic) bond motifs is 1.